The Hall–Kier alpha value is -3.30. The van der Waals surface area contributed by atoms with Crippen LogP contribution in [0.2, 0.25) is 0 Å². The molecule has 202 valence electrons. The number of carbonyl (C=O) groups excluding carboxylic acids is 1. The first-order chi connectivity index (χ1) is 18.4. The van der Waals surface area contributed by atoms with Gasteiger partial charge in [-0.25, -0.2) is 4.39 Å². The van der Waals surface area contributed by atoms with Crippen LogP contribution in [0.1, 0.15) is 40.0 Å². The highest BCUT2D eigenvalue weighted by molar-refractivity contribution is 9.10. The topological polar surface area (TPSA) is 90.3 Å². The molecule has 0 bridgehead atoms. The van der Waals surface area contributed by atoms with Crippen LogP contribution in [0, 0.1) is 11.2 Å². The summed E-state index contributed by atoms with van der Waals surface area (Å²) in [5, 5.41) is 13.6. The maximum atomic E-state index is 14.7. The van der Waals surface area contributed by atoms with Crippen molar-refractivity contribution in [2.24, 2.45) is 0 Å². The van der Waals surface area contributed by atoms with Gasteiger partial charge in [0.1, 0.15) is 11.6 Å². The molecule has 0 aliphatic rings. The molecule has 3 aromatic rings. The van der Waals surface area contributed by atoms with E-state index in [4.69, 9.17) is 10.1 Å². The van der Waals surface area contributed by atoms with E-state index >= 15 is 0 Å². The minimum atomic E-state index is -0.507. The molecule has 9 heteroatoms. The molecule has 3 N–H and O–H groups in total. The second-order valence-corrected chi connectivity index (χ2v) is 9.98. The number of benzene rings is 2. The van der Waals surface area contributed by atoms with Crippen LogP contribution in [-0.4, -0.2) is 55.5 Å². The number of carbonyl (C=O) groups is 1. The maximum Gasteiger partial charge on any atom is 0.258 e. The van der Waals surface area contributed by atoms with E-state index in [1.54, 1.807) is 13.2 Å². The molecule has 38 heavy (non-hydrogen) atoms. The second kappa shape index (κ2) is 15.2. The summed E-state index contributed by atoms with van der Waals surface area (Å²) in [6.07, 6.45) is 5.34. The number of hydrogen-bond acceptors (Lipinski definition) is 5. The highest BCUT2D eigenvalue weighted by Crippen LogP contribution is 2.25. The van der Waals surface area contributed by atoms with Crippen LogP contribution in [0.3, 0.4) is 0 Å². The first-order valence-electron chi connectivity index (χ1n) is 12.7. The van der Waals surface area contributed by atoms with Gasteiger partial charge in [-0.1, -0.05) is 28.1 Å². The van der Waals surface area contributed by atoms with Crippen LogP contribution in [-0.2, 0) is 19.3 Å². The molecule has 0 radical (unpaired) electrons. The third-order valence-electron chi connectivity index (χ3n) is 6.23. The molecule has 0 aliphatic carbocycles. The Kier molecular flexibility index (Phi) is 11.7. The van der Waals surface area contributed by atoms with Gasteiger partial charge in [0, 0.05) is 47.0 Å². The molecule has 1 heterocycles. The highest BCUT2D eigenvalue weighted by atomic mass is 79.9. The molecule has 0 spiro atoms. The summed E-state index contributed by atoms with van der Waals surface area (Å²) in [5.41, 5.74) is 2.53. The molecule has 0 aliphatic heterocycles. The van der Waals surface area contributed by atoms with Gasteiger partial charge in [-0.15, -0.1) is 0 Å². The van der Waals surface area contributed by atoms with E-state index in [0.717, 1.165) is 48.1 Å². The number of pyridine rings is 1. The van der Waals surface area contributed by atoms with Gasteiger partial charge in [0.15, 0.2) is 5.96 Å². The van der Waals surface area contributed by atoms with Crippen LogP contribution >= 0.6 is 15.9 Å². The van der Waals surface area contributed by atoms with Gasteiger partial charge in [-0.05, 0) is 87.3 Å². The maximum absolute atomic E-state index is 14.7. The van der Waals surface area contributed by atoms with E-state index in [1.807, 2.05) is 42.6 Å². The van der Waals surface area contributed by atoms with Gasteiger partial charge in [0.05, 0.1) is 7.11 Å². The molecule has 0 unspecified atom stereocenters. The van der Waals surface area contributed by atoms with Crippen LogP contribution in [0.25, 0.3) is 0 Å². The van der Waals surface area contributed by atoms with Crippen molar-refractivity contribution in [2.45, 2.75) is 32.1 Å². The Morgan fingerprint density at radius 2 is 1.92 bits per heavy atom. The first kappa shape index (κ1) is 29.3. The van der Waals surface area contributed by atoms with E-state index in [1.165, 1.54) is 12.1 Å². The number of unbranched alkanes of at least 4 members (excludes halogenated alkanes) is 1. The van der Waals surface area contributed by atoms with Crippen LogP contribution in [0.5, 0.6) is 5.75 Å². The summed E-state index contributed by atoms with van der Waals surface area (Å²) in [5.74, 6) is -0.339. The zero-order chi connectivity index (χ0) is 27.3. The number of methoxy groups -OCH3 is 1. The molecular weight excluding hydrogens is 549 g/mol. The van der Waals surface area contributed by atoms with E-state index in [9.17, 15) is 9.18 Å². The zero-order valence-corrected chi connectivity index (χ0v) is 23.5. The minimum Gasteiger partial charge on any atom is -0.496 e. The Morgan fingerprint density at radius 1 is 1.08 bits per heavy atom. The van der Waals surface area contributed by atoms with Gasteiger partial charge in [-0.3, -0.25) is 20.5 Å². The third-order valence-corrected chi connectivity index (χ3v) is 6.73. The molecule has 1 amide bonds. The SMILES string of the molecule is COc1ccc(Br)cc1CCc1c(F)cccc1C(=O)NC(=N)NCCCCN(C)CCc1ccccn1. The molecule has 0 fully saturated rings. The van der Waals surface area contributed by atoms with Gasteiger partial charge >= 0.3 is 0 Å². The first-order valence-corrected chi connectivity index (χ1v) is 13.5. The number of guanidine groups is 1. The Morgan fingerprint density at radius 3 is 2.68 bits per heavy atom. The van der Waals surface area contributed by atoms with E-state index in [-0.39, 0.29) is 11.5 Å². The summed E-state index contributed by atoms with van der Waals surface area (Å²) in [6.45, 7) is 2.43. The molecule has 3 rings (SSSR count). The van der Waals surface area contributed by atoms with E-state index in [0.29, 0.717) is 30.7 Å². The van der Waals surface area contributed by atoms with E-state index < -0.39 is 11.7 Å². The number of nitrogens with zero attached hydrogens (tertiary/aromatic N) is 2. The summed E-state index contributed by atoms with van der Waals surface area (Å²) in [6, 6.07) is 16.0. The average molecular weight is 585 g/mol. The lowest BCUT2D eigenvalue weighted by molar-refractivity contribution is 0.0974. The lowest BCUT2D eigenvalue weighted by atomic mass is 9.98. The summed E-state index contributed by atoms with van der Waals surface area (Å²) in [4.78, 5) is 19.5. The second-order valence-electron chi connectivity index (χ2n) is 9.06. The zero-order valence-electron chi connectivity index (χ0n) is 21.9. The summed E-state index contributed by atoms with van der Waals surface area (Å²) in [7, 11) is 3.68. The van der Waals surface area contributed by atoms with Crippen molar-refractivity contribution in [3.63, 3.8) is 0 Å². The molecule has 2 aromatic carbocycles. The van der Waals surface area contributed by atoms with Gasteiger partial charge < -0.3 is 15.0 Å². The smallest absolute Gasteiger partial charge is 0.258 e. The minimum absolute atomic E-state index is 0.0950. The lowest BCUT2D eigenvalue weighted by Gasteiger charge is -2.16. The van der Waals surface area contributed by atoms with Crippen LogP contribution in [0.15, 0.2) is 65.3 Å². The number of nitrogens with one attached hydrogen (secondary N) is 3. The van der Waals surface area contributed by atoms with Crippen LogP contribution < -0.4 is 15.4 Å². The molecule has 0 atom stereocenters. The fraction of sp³-hybridized carbons (Fsp3) is 0.345. The summed E-state index contributed by atoms with van der Waals surface area (Å²) >= 11 is 3.46. The standard InChI is InChI=1S/C29H35BrFN5O2/c1-36(19-15-23-8-3-4-16-33-23)18-6-5-17-34-29(32)35-28(37)25-9-7-10-26(31)24(25)13-11-21-20-22(30)12-14-27(21)38-2/h3-4,7-10,12,14,16,20H,5-6,11,13,15,17-19H2,1-2H3,(H3,32,34,35,37). The molecule has 0 saturated heterocycles. The van der Waals surface area contributed by atoms with Crippen molar-refractivity contribution >= 4 is 27.8 Å². The molecule has 0 saturated carbocycles. The number of hydrogen-bond donors (Lipinski definition) is 3. The average Bonchev–Trinajstić information content (AvgIpc) is 2.91. The number of ether oxygens (including phenoxy) is 1. The Bertz CT molecular complexity index is 1210. The highest BCUT2D eigenvalue weighted by Gasteiger charge is 2.17. The van der Waals surface area contributed by atoms with Gasteiger partial charge in [0.25, 0.3) is 5.91 Å². The van der Waals surface area contributed by atoms with Crippen molar-refractivity contribution in [1.82, 2.24) is 20.5 Å². The molecule has 7 nitrogen and oxygen atoms in total. The molecular formula is C29H35BrFN5O2. The lowest BCUT2D eigenvalue weighted by Crippen LogP contribution is -2.41. The van der Waals surface area contributed by atoms with Gasteiger partial charge in [0.2, 0.25) is 0 Å². The number of likely N-dealkylation sites (N-methyl/N-ethyl adjacent to an activating group) is 1. The fourth-order valence-electron chi connectivity index (χ4n) is 4.14. The van der Waals surface area contributed by atoms with Crippen molar-refractivity contribution < 1.29 is 13.9 Å². The van der Waals surface area contributed by atoms with Crippen molar-refractivity contribution in [3.05, 3.63) is 93.5 Å². The third kappa shape index (κ3) is 9.22. The quantitative estimate of drug-likeness (QED) is 0.150. The number of amides is 1. The van der Waals surface area contributed by atoms with Gasteiger partial charge in [-0.2, -0.15) is 0 Å². The van der Waals surface area contributed by atoms with E-state index in [2.05, 4.69) is 43.5 Å². The molecule has 1 aromatic heterocycles. The van der Waals surface area contributed by atoms with Crippen LogP contribution in [0.4, 0.5) is 4.39 Å². The predicted molar refractivity (Wildman–Crippen MR) is 152 cm³/mol. The monoisotopic (exact) mass is 583 g/mol. The Balaban J connectivity index is 1.43. The largest absolute Gasteiger partial charge is 0.496 e. The van der Waals surface area contributed by atoms with Crippen molar-refractivity contribution in [1.29, 1.82) is 5.41 Å². The van der Waals surface area contributed by atoms with Crippen molar-refractivity contribution in [2.75, 3.05) is 33.8 Å². The number of rotatable bonds is 13. The Labute approximate surface area is 232 Å². The summed E-state index contributed by atoms with van der Waals surface area (Å²) < 4.78 is 21.0. The predicted octanol–water partition coefficient (Wildman–Crippen LogP) is 4.99. The number of halogens is 2. The fourth-order valence-corrected chi connectivity index (χ4v) is 4.54. The number of aromatic nitrogens is 1. The normalized spacial score (nSPS) is 10.9. The van der Waals surface area contributed by atoms with Crippen molar-refractivity contribution in [3.8, 4) is 5.75 Å². The number of aryl methyl sites for hydroxylation is 1.